The van der Waals surface area contributed by atoms with Gasteiger partial charge in [-0.05, 0) is 22.7 Å². The van der Waals surface area contributed by atoms with Crippen LogP contribution < -0.4 is 5.73 Å². The van der Waals surface area contributed by atoms with Crippen molar-refractivity contribution in [3.63, 3.8) is 0 Å². The summed E-state index contributed by atoms with van der Waals surface area (Å²) in [6, 6.07) is 0. The van der Waals surface area contributed by atoms with Gasteiger partial charge in [0.05, 0.1) is 19.0 Å². The molecule has 1 atom stereocenters. The van der Waals surface area contributed by atoms with Crippen molar-refractivity contribution in [3.05, 3.63) is 33.4 Å². The third-order valence-corrected chi connectivity index (χ3v) is 3.88. The Morgan fingerprint density at radius 1 is 1.47 bits per heavy atom. The van der Waals surface area contributed by atoms with Gasteiger partial charge < -0.3 is 19.8 Å². The highest BCUT2D eigenvalue weighted by atomic mass is 79.9. The molecule has 0 aliphatic carbocycles. The van der Waals surface area contributed by atoms with Crippen molar-refractivity contribution in [1.82, 2.24) is 0 Å². The summed E-state index contributed by atoms with van der Waals surface area (Å²) >= 11 is 3.55. The van der Waals surface area contributed by atoms with E-state index in [-0.39, 0.29) is 25.6 Å². The zero-order chi connectivity index (χ0) is 11.1. The van der Waals surface area contributed by atoms with Crippen LogP contribution in [0.1, 0.15) is 0 Å². The highest BCUT2D eigenvalue weighted by molar-refractivity contribution is 9.11. The third-order valence-electron chi connectivity index (χ3n) is 2.95. The number of hydrogen-bond donors (Lipinski definition) is 1. The van der Waals surface area contributed by atoms with Crippen molar-refractivity contribution in [2.45, 2.75) is 6.10 Å². The first-order valence-corrected chi connectivity index (χ1v) is 5.98. The Balaban J connectivity index is 0.00000108. The number of nitrogens with two attached hydrogens (primary N) is 1. The normalized spacial score (nSPS) is 26.5. The Kier molecular flexibility index (Phi) is 4.00. The van der Waals surface area contributed by atoms with Gasteiger partial charge >= 0.3 is 7.12 Å². The summed E-state index contributed by atoms with van der Waals surface area (Å²) < 4.78 is 17.7. The van der Waals surface area contributed by atoms with Crippen LogP contribution in [-0.2, 0) is 14.0 Å². The van der Waals surface area contributed by atoms with Crippen LogP contribution in [0.3, 0.4) is 0 Å². The smallest absolute Gasteiger partial charge is 0.495 e. The molecule has 4 nitrogen and oxygen atoms in total. The largest absolute Gasteiger partial charge is 0.497 e. The molecule has 0 saturated heterocycles. The average molecular weight is 320 g/mol. The van der Waals surface area contributed by atoms with Crippen LogP contribution in [0.25, 0.3) is 0 Å². The number of allylic oxidation sites excluding steroid dienone is 3. The van der Waals surface area contributed by atoms with E-state index in [0.29, 0.717) is 19.8 Å². The molecular formula is C10H12BBrClNO3. The summed E-state index contributed by atoms with van der Waals surface area (Å²) in [5, 5.41) is 0. The number of hydrogen-bond acceptors (Lipinski definition) is 4. The molecule has 0 amide bonds. The summed E-state index contributed by atoms with van der Waals surface area (Å²) in [6.45, 7) is 1.58. The molecule has 92 valence electrons. The van der Waals surface area contributed by atoms with Gasteiger partial charge in [0.1, 0.15) is 6.61 Å². The molecule has 0 unspecified atom stereocenters. The van der Waals surface area contributed by atoms with Crippen molar-refractivity contribution in [2.75, 3.05) is 19.8 Å². The van der Waals surface area contributed by atoms with E-state index in [2.05, 4.69) is 15.9 Å². The monoisotopic (exact) mass is 319 g/mol. The summed E-state index contributed by atoms with van der Waals surface area (Å²) in [6.07, 6.45) is 3.52. The third kappa shape index (κ3) is 2.08. The fourth-order valence-electron chi connectivity index (χ4n) is 2.15. The quantitative estimate of drug-likeness (QED) is 0.740. The molecule has 0 aromatic heterocycles. The Morgan fingerprint density at radius 3 is 3.06 bits per heavy atom. The standard InChI is InChI=1S/C10H11BBrNO3.ClH/c12-10-7-1-2-14-4-6-5-15-11(9(6)7)16-8(10)3-13;/h1-2,8H,3-5,13H2;1H/t8-;/m1./s1. The molecule has 2 N–H and O–H groups in total. The first-order valence-electron chi connectivity index (χ1n) is 5.18. The predicted molar refractivity (Wildman–Crippen MR) is 71.0 cm³/mol. The van der Waals surface area contributed by atoms with Crippen molar-refractivity contribution < 1.29 is 14.0 Å². The molecule has 3 heterocycles. The second-order valence-corrected chi connectivity index (χ2v) is 4.75. The van der Waals surface area contributed by atoms with Gasteiger partial charge in [-0.1, -0.05) is 15.9 Å². The van der Waals surface area contributed by atoms with Gasteiger partial charge in [-0.25, -0.2) is 0 Å². The van der Waals surface area contributed by atoms with Crippen LogP contribution in [0.4, 0.5) is 0 Å². The lowest BCUT2D eigenvalue weighted by Crippen LogP contribution is -2.38. The molecule has 17 heavy (non-hydrogen) atoms. The molecule has 3 aliphatic rings. The van der Waals surface area contributed by atoms with Gasteiger partial charge in [-0.15, -0.1) is 12.4 Å². The van der Waals surface area contributed by atoms with E-state index in [1.54, 1.807) is 6.26 Å². The Bertz CT molecular complexity index is 424. The summed E-state index contributed by atoms with van der Waals surface area (Å²) in [5.74, 6) is 0. The van der Waals surface area contributed by atoms with Crippen LogP contribution in [0.15, 0.2) is 33.4 Å². The van der Waals surface area contributed by atoms with Gasteiger partial charge in [0.2, 0.25) is 0 Å². The highest BCUT2D eigenvalue weighted by Crippen LogP contribution is 2.38. The molecule has 0 spiro atoms. The maximum atomic E-state index is 5.76. The molecule has 0 radical (unpaired) electrons. The van der Waals surface area contributed by atoms with E-state index < -0.39 is 0 Å². The van der Waals surface area contributed by atoms with Crippen LogP contribution in [0, 0.1) is 0 Å². The molecule has 0 bridgehead atoms. The lowest BCUT2D eigenvalue weighted by Gasteiger charge is -2.27. The molecular weight excluding hydrogens is 308 g/mol. The van der Waals surface area contributed by atoms with Crippen molar-refractivity contribution in [1.29, 1.82) is 0 Å². The summed E-state index contributed by atoms with van der Waals surface area (Å²) in [4.78, 5) is 0. The fourth-order valence-corrected chi connectivity index (χ4v) is 2.79. The number of halogens is 2. The predicted octanol–water partition coefficient (Wildman–Crippen LogP) is 1.31. The summed E-state index contributed by atoms with van der Waals surface area (Å²) in [5.41, 5.74) is 9.02. The average Bonchev–Trinajstić information content (AvgIpc) is 2.57. The topological polar surface area (TPSA) is 53.7 Å². The number of rotatable bonds is 1. The second-order valence-electron chi connectivity index (χ2n) is 3.90. The van der Waals surface area contributed by atoms with Crippen molar-refractivity contribution >= 4 is 35.5 Å². The minimum absolute atomic E-state index is 0. The van der Waals surface area contributed by atoms with Crippen LogP contribution in [0.2, 0.25) is 0 Å². The zero-order valence-electron chi connectivity index (χ0n) is 9.02. The maximum Gasteiger partial charge on any atom is 0.495 e. The first-order chi connectivity index (χ1) is 7.81. The fraction of sp³-hybridized carbons (Fsp3) is 0.400. The number of ether oxygens (including phenoxy) is 1. The molecule has 3 rings (SSSR count). The summed E-state index contributed by atoms with van der Waals surface area (Å²) in [7, 11) is -0.286. The Morgan fingerprint density at radius 2 is 2.29 bits per heavy atom. The van der Waals surface area contributed by atoms with Gasteiger partial charge in [-0.3, -0.25) is 0 Å². The van der Waals surface area contributed by atoms with E-state index in [4.69, 9.17) is 19.8 Å². The highest BCUT2D eigenvalue weighted by Gasteiger charge is 2.42. The maximum absolute atomic E-state index is 5.76. The van der Waals surface area contributed by atoms with Gasteiger partial charge in [0.25, 0.3) is 0 Å². The molecule has 0 fully saturated rings. The Labute approximate surface area is 115 Å². The van der Waals surface area contributed by atoms with Gasteiger partial charge in [0.15, 0.2) is 0 Å². The Hall–Kier alpha value is -0.265. The van der Waals surface area contributed by atoms with Crippen LogP contribution in [-0.4, -0.2) is 33.0 Å². The van der Waals surface area contributed by atoms with Crippen LogP contribution >= 0.6 is 28.3 Å². The van der Waals surface area contributed by atoms with Gasteiger partial charge in [-0.2, -0.15) is 0 Å². The van der Waals surface area contributed by atoms with Crippen LogP contribution in [0.5, 0.6) is 0 Å². The molecule has 3 aliphatic heterocycles. The lowest BCUT2D eigenvalue weighted by molar-refractivity contribution is 0.181. The minimum Gasteiger partial charge on any atom is -0.497 e. The second kappa shape index (κ2) is 5.16. The minimum atomic E-state index is -0.286. The van der Waals surface area contributed by atoms with E-state index >= 15 is 0 Å². The van der Waals surface area contributed by atoms with E-state index in [0.717, 1.165) is 21.1 Å². The van der Waals surface area contributed by atoms with Gasteiger partial charge in [0, 0.05) is 11.0 Å². The zero-order valence-corrected chi connectivity index (χ0v) is 11.4. The van der Waals surface area contributed by atoms with E-state index in [1.807, 2.05) is 6.08 Å². The first kappa shape index (κ1) is 13.2. The SMILES string of the molecule is Cl.NC[C@H]1OB2OCC3=C2C(=C1Br)C=COC3. The molecule has 0 saturated carbocycles. The van der Waals surface area contributed by atoms with Crippen molar-refractivity contribution in [3.8, 4) is 0 Å². The molecule has 0 aromatic rings. The van der Waals surface area contributed by atoms with E-state index in [9.17, 15) is 0 Å². The molecule has 7 heteroatoms. The van der Waals surface area contributed by atoms with E-state index in [1.165, 1.54) is 0 Å². The van der Waals surface area contributed by atoms with Crippen molar-refractivity contribution in [2.24, 2.45) is 5.73 Å². The molecule has 0 aromatic carbocycles. The lowest BCUT2D eigenvalue weighted by atomic mass is 9.70.